The molecule has 1 aromatic heterocycles. The third kappa shape index (κ3) is 3.82. The van der Waals surface area contributed by atoms with Crippen LogP contribution < -0.4 is 5.32 Å². The number of hydrogen-bond donors (Lipinski definition) is 1. The van der Waals surface area contributed by atoms with E-state index in [9.17, 15) is 0 Å². The van der Waals surface area contributed by atoms with Crippen LogP contribution in [0.5, 0.6) is 0 Å². The van der Waals surface area contributed by atoms with Crippen LogP contribution in [0.1, 0.15) is 23.2 Å². The molecule has 0 saturated heterocycles. The van der Waals surface area contributed by atoms with E-state index in [1.165, 1.54) is 5.56 Å². The van der Waals surface area contributed by atoms with Crippen LogP contribution in [0.25, 0.3) is 0 Å². The molecule has 2 rings (SSSR count). The van der Waals surface area contributed by atoms with Gasteiger partial charge in [-0.1, -0.05) is 17.7 Å². The lowest BCUT2D eigenvalue weighted by atomic mass is 10.2. The maximum atomic E-state index is 5.34. The number of hydrogen-bond acceptors (Lipinski definition) is 4. The van der Waals surface area contributed by atoms with E-state index in [0.29, 0.717) is 6.61 Å². The van der Waals surface area contributed by atoms with Crippen molar-refractivity contribution >= 4 is 17.0 Å². The molecule has 0 fully saturated rings. The molecule has 0 saturated carbocycles. The van der Waals surface area contributed by atoms with Gasteiger partial charge in [-0.15, -0.1) is 11.3 Å². The molecular weight excluding hydrogens is 244 g/mol. The molecule has 0 radical (unpaired) electrons. The van der Waals surface area contributed by atoms with Gasteiger partial charge in [0.1, 0.15) is 5.01 Å². The van der Waals surface area contributed by atoms with Crippen molar-refractivity contribution in [3.05, 3.63) is 45.9 Å². The summed E-state index contributed by atoms with van der Waals surface area (Å²) in [5.74, 6) is 0. The number of rotatable bonds is 6. The quantitative estimate of drug-likeness (QED) is 0.863. The third-order valence-electron chi connectivity index (χ3n) is 2.55. The van der Waals surface area contributed by atoms with Crippen molar-refractivity contribution in [2.75, 3.05) is 11.9 Å². The highest BCUT2D eigenvalue weighted by Gasteiger charge is 2.01. The summed E-state index contributed by atoms with van der Waals surface area (Å²) in [7, 11) is 0. The first-order chi connectivity index (χ1) is 8.78. The first kappa shape index (κ1) is 13.1. The molecule has 2 aromatic rings. The number of ether oxygens (including phenoxy) is 1. The van der Waals surface area contributed by atoms with E-state index in [2.05, 4.69) is 46.9 Å². The number of aryl methyl sites for hydroxylation is 1. The first-order valence-electron chi connectivity index (χ1n) is 6.09. The Morgan fingerprint density at radius 1 is 1.28 bits per heavy atom. The molecule has 1 aromatic carbocycles. The Bertz CT molecular complexity index is 479. The summed E-state index contributed by atoms with van der Waals surface area (Å²) >= 11 is 1.65. The highest BCUT2D eigenvalue weighted by molar-refractivity contribution is 7.09. The summed E-state index contributed by atoms with van der Waals surface area (Å²) < 4.78 is 5.34. The molecule has 0 amide bonds. The van der Waals surface area contributed by atoms with Crippen molar-refractivity contribution in [2.45, 2.75) is 27.0 Å². The molecule has 0 aliphatic heterocycles. The second-order valence-electron chi connectivity index (χ2n) is 4.09. The monoisotopic (exact) mass is 262 g/mol. The van der Waals surface area contributed by atoms with Gasteiger partial charge in [0.15, 0.2) is 0 Å². The van der Waals surface area contributed by atoms with Gasteiger partial charge in [0.2, 0.25) is 0 Å². The van der Waals surface area contributed by atoms with E-state index in [-0.39, 0.29) is 0 Å². The van der Waals surface area contributed by atoms with E-state index in [0.717, 1.165) is 29.5 Å². The predicted molar refractivity (Wildman–Crippen MR) is 75.9 cm³/mol. The van der Waals surface area contributed by atoms with Gasteiger partial charge in [-0.05, 0) is 26.0 Å². The van der Waals surface area contributed by atoms with Gasteiger partial charge in [-0.3, -0.25) is 0 Å². The van der Waals surface area contributed by atoms with E-state index in [1.807, 2.05) is 6.92 Å². The fraction of sp³-hybridized carbons (Fsp3) is 0.357. The maximum Gasteiger partial charge on any atom is 0.119 e. The Hall–Kier alpha value is -1.39. The van der Waals surface area contributed by atoms with Gasteiger partial charge >= 0.3 is 0 Å². The molecule has 96 valence electrons. The normalized spacial score (nSPS) is 10.6. The van der Waals surface area contributed by atoms with Gasteiger partial charge < -0.3 is 10.1 Å². The van der Waals surface area contributed by atoms with Crippen molar-refractivity contribution in [1.82, 2.24) is 4.98 Å². The molecule has 18 heavy (non-hydrogen) atoms. The van der Waals surface area contributed by atoms with Crippen molar-refractivity contribution in [3.8, 4) is 0 Å². The van der Waals surface area contributed by atoms with Crippen LogP contribution in [0.4, 0.5) is 5.69 Å². The first-order valence-corrected chi connectivity index (χ1v) is 6.97. The van der Waals surface area contributed by atoms with Gasteiger partial charge in [0.05, 0.1) is 18.8 Å². The van der Waals surface area contributed by atoms with E-state index in [1.54, 1.807) is 11.3 Å². The molecule has 0 bridgehead atoms. The molecule has 0 unspecified atom stereocenters. The van der Waals surface area contributed by atoms with Crippen molar-refractivity contribution < 1.29 is 4.74 Å². The molecule has 0 atom stereocenters. The fourth-order valence-electron chi connectivity index (χ4n) is 1.55. The third-order valence-corrected chi connectivity index (χ3v) is 3.43. The minimum atomic E-state index is 0.617. The average Bonchev–Trinajstić information content (AvgIpc) is 2.84. The maximum absolute atomic E-state index is 5.34. The summed E-state index contributed by atoms with van der Waals surface area (Å²) in [6.07, 6.45) is 0. The van der Waals surface area contributed by atoms with E-state index >= 15 is 0 Å². The number of benzene rings is 1. The highest BCUT2D eigenvalue weighted by atomic mass is 32.1. The van der Waals surface area contributed by atoms with Crippen LogP contribution in [-0.4, -0.2) is 11.6 Å². The zero-order valence-corrected chi connectivity index (χ0v) is 11.6. The molecule has 0 aliphatic carbocycles. The Kier molecular flexibility index (Phi) is 4.73. The lowest BCUT2D eigenvalue weighted by Gasteiger charge is -2.04. The summed E-state index contributed by atoms with van der Waals surface area (Å²) in [5.41, 5.74) is 3.46. The van der Waals surface area contributed by atoms with Crippen LogP contribution in [0, 0.1) is 6.92 Å². The predicted octanol–water partition coefficient (Wildman–Crippen LogP) is 3.60. The average molecular weight is 262 g/mol. The van der Waals surface area contributed by atoms with E-state index in [4.69, 9.17) is 4.74 Å². The van der Waals surface area contributed by atoms with Gasteiger partial charge in [0, 0.05) is 17.7 Å². The smallest absolute Gasteiger partial charge is 0.119 e. The fourth-order valence-corrected chi connectivity index (χ4v) is 2.28. The molecule has 0 aliphatic rings. The van der Waals surface area contributed by atoms with Crippen LogP contribution in [0.2, 0.25) is 0 Å². The van der Waals surface area contributed by atoms with Crippen LogP contribution >= 0.6 is 11.3 Å². The van der Waals surface area contributed by atoms with E-state index < -0.39 is 0 Å². The summed E-state index contributed by atoms with van der Waals surface area (Å²) in [5, 5.41) is 6.48. The topological polar surface area (TPSA) is 34.1 Å². The van der Waals surface area contributed by atoms with Crippen LogP contribution in [0.15, 0.2) is 29.6 Å². The van der Waals surface area contributed by atoms with Crippen LogP contribution in [-0.2, 0) is 17.9 Å². The number of thiazole rings is 1. The summed E-state index contributed by atoms with van der Waals surface area (Å²) in [6, 6.07) is 8.37. The molecule has 4 heteroatoms. The van der Waals surface area contributed by atoms with Crippen molar-refractivity contribution in [1.29, 1.82) is 0 Å². The largest absolute Gasteiger partial charge is 0.379 e. The molecular formula is C14H18N2OS. The molecule has 1 heterocycles. The Morgan fingerprint density at radius 3 is 2.78 bits per heavy atom. The lowest BCUT2D eigenvalue weighted by molar-refractivity contribution is 0.134. The van der Waals surface area contributed by atoms with Gasteiger partial charge in [-0.25, -0.2) is 4.98 Å². The minimum absolute atomic E-state index is 0.617. The Morgan fingerprint density at radius 2 is 2.06 bits per heavy atom. The van der Waals surface area contributed by atoms with Gasteiger partial charge in [0.25, 0.3) is 0 Å². The second kappa shape index (κ2) is 6.52. The minimum Gasteiger partial charge on any atom is -0.379 e. The second-order valence-corrected chi connectivity index (χ2v) is 5.03. The Balaban J connectivity index is 1.86. The van der Waals surface area contributed by atoms with Gasteiger partial charge in [-0.2, -0.15) is 0 Å². The number of nitrogens with zero attached hydrogens (tertiary/aromatic N) is 1. The standard InChI is InChI=1S/C14H18N2OS/c1-3-17-9-14-16-13(10-18-14)8-15-12-6-4-11(2)5-7-12/h4-7,10,15H,3,8-9H2,1-2H3. The zero-order chi connectivity index (χ0) is 12.8. The Labute approximate surface area is 112 Å². The number of aromatic nitrogens is 1. The molecule has 1 N–H and O–H groups in total. The van der Waals surface area contributed by atoms with Crippen LogP contribution in [0.3, 0.4) is 0 Å². The molecule has 0 spiro atoms. The van der Waals surface area contributed by atoms with Crippen molar-refractivity contribution in [2.24, 2.45) is 0 Å². The lowest BCUT2D eigenvalue weighted by Crippen LogP contribution is -2.00. The molecule has 3 nitrogen and oxygen atoms in total. The van der Waals surface area contributed by atoms with Crippen molar-refractivity contribution in [3.63, 3.8) is 0 Å². The highest BCUT2D eigenvalue weighted by Crippen LogP contribution is 2.14. The zero-order valence-electron chi connectivity index (χ0n) is 10.8. The summed E-state index contributed by atoms with van der Waals surface area (Å²) in [6.45, 7) is 6.19. The summed E-state index contributed by atoms with van der Waals surface area (Å²) in [4.78, 5) is 4.51. The number of nitrogens with one attached hydrogen (secondary N) is 1. The SMILES string of the molecule is CCOCc1nc(CNc2ccc(C)cc2)cs1. The number of anilines is 1.